The Morgan fingerprint density at radius 2 is 1.90 bits per heavy atom. The van der Waals surface area contributed by atoms with Gasteiger partial charge in [0.05, 0.1) is 11.4 Å². The van der Waals surface area contributed by atoms with Crippen LogP contribution in [0.3, 0.4) is 0 Å². The molecule has 0 aliphatic heterocycles. The molecule has 29 heavy (non-hydrogen) atoms. The minimum absolute atomic E-state index is 0.00927. The van der Waals surface area contributed by atoms with Crippen LogP contribution < -0.4 is 0 Å². The molecule has 0 atom stereocenters. The number of hydrogen-bond donors (Lipinski definition) is 0. The number of nitrogens with zero attached hydrogens (tertiary/aromatic N) is 3. The molecule has 150 valence electrons. The van der Waals surface area contributed by atoms with Crippen LogP contribution in [0.15, 0.2) is 40.8 Å². The predicted octanol–water partition coefficient (Wildman–Crippen LogP) is 4.91. The van der Waals surface area contributed by atoms with Crippen molar-refractivity contribution < 1.29 is 14.0 Å². The van der Waals surface area contributed by atoms with Gasteiger partial charge in [-0.1, -0.05) is 11.6 Å². The highest BCUT2D eigenvalue weighted by atomic mass is 35.5. The van der Waals surface area contributed by atoms with Gasteiger partial charge in [0.25, 0.3) is 0 Å². The summed E-state index contributed by atoms with van der Waals surface area (Å²) in [7, 11) is 0. The Labute approximate surface area is 177 Å². The second-order valence-corrected chi connectivity index (χ2v) is 8.82. The van der Waals surface area contributed by atoms with Gasteiger partial charge in [-0.2, -0.15) is 0 Å². The zero-order chi connectivity index (χ0) is 20.4. The molecule has 1 aliphatic carbocycles. The molecule has 8 heteroatoms. The summed E-state index contributed by atoms with van der Waals surface area (Å²) in [5.41, 5.74) is 0.772. The van der Waals surface area contributed by atoms with E-state index in [0.29, 0.717) is 21.7 Å². The van der Waals surface area contributed by atoms with Gasteiger partial charge < -0.3 is 9.32 Å². The van der Waals surface area contributed by atoms with E-state index in [-0.39, 0.29) is 37.1 Å². The third-order valence-corrected chi connectivity index (χ3v) is 6.05. The predicted molar refractivity (Wildman–Crippen MR) is 111 cm³/mol. The number of carbonyl (C=O) groups is 2. The summed E-state index contributed by atoms with van der Waals surface area (Å²) in [6.07, 6.45) is 2.32. The first-order chi connectivity index (χ1) is 14.0. The average molecular weight is 430 g/mol. The first kappa shape index (κ1) is 19.8. The van der Waals surface area contributed by atoms with Gasteiger partial charge >= 0.3 is 0 Å². The summed E-state index contributed by atoms with van der Waals surface area (Å²) < 4.78 is 5.74. The lowest BCUT2D eigenvalue weighted by atomic mass is 10.1. The number of carbonyl (C=O) groups excluding carboxylic acids is 2. The fourth-order valence-corrected chi connectivity index (χ4v) is 4.01. The minimum atomic E-state index is -0.0552. The fourth-order valence-electron chi connectivity index (χ4n) is 3.05. The van der Waals surface area contributed by atoms with Crippen LogP contribution in [0.25, 0.3) is 11.5 Å². The Morgan fingerprint density at radius 3 is 2.55 bits per heavy atom. The van der Waals surface area contributed by atoms with Crippen molar-refractivity contribution in [3.63, 3.8) is 0 Å². The number of thiophene rings is 1. The third kappa shape index (κ3) is 4.92. The molecule has 1 saturated carbocycles. The smallest absolute Gasteiger partial charge is 0.247 e. The number of aromatic nitrogens is 2. The standard InChI is InChI=1S/C21H20ClN3O3S/c1-13-2-10-18(29-13)17(26)9-11-20(27)25(16-7-8-16)12-19-23-24-21(28-19)14-3-5-15(22)6-4-14/h2-6,10,16H,7-9,11-12H2,1H3. The maximum Gasteiger partial charge on any atom is 0.247 e. The Morgan fingerprint density at radius 1 is 1.14 bits per heavy atom. The average Bonchev–Trinajstić information content (AvgIpc) is 3.28. The van der Waals surface area contributed by atoms with Crippen molar-refractivity contribution in [1.29, 1.82) is 0 Å². The van der Waals surface area contributed by atoms with Gasteiger partial charge in [-0.15, -0.1) is 21.5 Å². The van der Waals surface area contributed by atoms with Crippen molar-refractivity contribution in [3.8, 4) is 11.5 Å². The lowest BCUT2D eigenvalue weighted by molar-refractivity contribution is -0.132. The molecule has 0 N–H and O–H groups in total. The summed E-state index contributed by atoms with van der Waals surface area (Å²) in [4.78, 5) is 28.6. The zero-order valence-electron chi connectivity index (χ0n) is 15.9. The molecule has 0 spiro atoms. The van der Waals surface area contributed by atoms with Gasteiger partial charge in [-0.05, 0) is 56.2 Å². The van der Waals surface area contributed by atoms with Crippen LogP contribution in [0.2, 0.25) is 5.02 Å². The Bertz CT molecular complexity index is 1020. The van der Waals surface area contributed by atoms with E-state index in [1.54, 1.807) is 29.2 Å². The van der Waals surface area contributed by atoms with E-state index in [1.807, 2.05) is 19.1 Å². The Balaban J connectivity index is 1.38. The molecular formula is C21H20ClN3O3S. The molecule has 3 aromatic rings. The zero-order valence-corrected chi connectivity index (χ0v) is 17.5. The van der Waals surface area contributed by atoms with E-state index in [9.17, 15) is 9.59 Å². The SMILES string of the molecule is Cc1ccc(C(=O)CCC(=O)N(Cc2nnc(-c3ccc(Cl)cc3)o2)C2CC2)s1. The molecule has 1 fully saturated rings. The Kier molecular flexibility index (Phi) is 5.78. The first-order valence-corrected chi connectivity index (χ1v) is 10.7. The molecule has 4 rings (SSSR count). The lowest BCUT2D eigenvalue weighted by Gasteiger charge is -2.20. The van der Waals surface area contributed by atoms with Crippen LogP contribution in [-0.4, -0.2) is 32.8 Å². The molecular weight excluding hydrogens is 410 g/mol. The fraction of sp³-hybridized carbons (Fsp3) is 0.333. The van der Waals surface area contributed by atoms with Crippen LogP contribution in [0, 0.1) is 6.92 Å². The van der Waals surface area contributed by atoms with Gasteiger partial charge in [0.15, 0.2) is 5.78 Å². The molecule has 0 unspecified atom stereocenters. The number of amides is 1. The maximum atomic E-state index is 12.8. The largest absolute Gasteiger partial charge is 0.419 e. The topological polar surface area (TPSA) is 76.3 Å². The molecule has 0 bridgehead atoms. The molecule has 0 radical (unpaired) electrons. The van der Waals surface area contributed by atoms with Gasteiger partial charge in [0.2, 0.25) is 17.7 Å². The number of ketones is 1. The van der Waals surface area contributed by atoms with Crippen molar-refractivity contribution in [2.75, 3.05) is 0 Å². The lowest BCUT2D eigenvalue weighted by Crippen LogP contribution is -2.32. The van der Waals surface area contributed by atoms with Crippen molar-refractivity contribution in [3.05, 3.63) is 57.1 Å². The van der Waals surface area contributed by atoms with Crippen molar-refractivity contribution in [2.45, 2.75) is 45.2 Å². The molecule has 0 saturated heterocycles. The summed E-state index contributed by atoms with van der Waals surface area (Å²) in [5, 5.41) is 8.79. The third-order valence-electron chi connectivity index (χ3n) is 4.75. The number of benzene rings is 1. The van der Waals surface area contributed by atoms with Crippen molar-refractivity contribution in [2.24, 2.45) is 0 Å². The van der Waals surface area contributed by atoms with Gasteiger partial charge in [0.1, 0.15) is 0 Å². The van der Waals surface area contributed by atoms with E-state index in [4.69, 9.17) is 16.0 Å². The van der Waals surface area contributed by atoms with Gasteiger partial charge in [-0.3, -0.25) is 9.59 Å². The molecule has 1 amide bonds. The highest BCUT2D eigenvalue weighted by Gasteiger charge is 2.33. The summed E-state index contributed by atoms with van der Waals surface area (Å²) in [5.74, 6) is 0.730. The number of rotatable bonds is 8. The molecule has 2 heterocycles. The number of Topliss-reactive ketones (excluding diaryl/α,β-unsaturated/α-hetero) is 1. The van der Waals surface area contributed by atoms with Crippen LogP contribution in [-0.2, 0) is 11.3 Å². The number of aryl methyl sites for hydroxylation is 1. The van der Waals surface area contributed by atoms with E-state index in [0.717, 1.165) is 23.3 Å². The van der Waals surface area contributed by atoms with Crippen LogP contribution >= 0.6 is 22.9 Å². The van der Waals surface area contributed by atoms with Crippen LogP contribution in [0.4, 0.5) is 0 Å². The van der Waals surface area contributed by atoms with E-state index in [1.165, 1.54) is 11.3 Å². The van der Waals surface area contributed by atoms with Gasteiger partial charge in [0, 0.05) is 34.3 Å². The monoisotopic (exact) mass is 429 g/mol. The summed E-state index contributed by atoms with van der Waals surface area (Å²) in [6.45, 7) is 2.22. The van der Waals surface area contributed by atoms with Gasteiger partial charge in [-0.25, -0.2) is 0 Å². The van der Waals surface area contributed by atoms with Crippen LogP contribution in [0.1, 0.15) is 46.1 Å². The molecule has 1 aromatic carbocycles. The van der Waals surface area contributed by atoms with Crippen LogP contribution in [0.5, 0.6) is 0 Å². The number of halogens is 1. The minimum Gasteiger partial charge on any atom is -0.419 e. The first-order valence-electron chi connectivity index (χ1n) is 9.47. The second kappa shape index (κ2) is 8.47. The van der Waals surface area contributed by atoms with E-state index >= 15 is 0 Å². The normalized spacial score (nSPS) is 13.4. The number of hydrogen-bond acceptors (Lipinski definition) is 6. The molecule has 6 nitrogen and oxygen atoms in total. The highest BCUT2D eigenvalue weighted by molar-refractivity contribution is 7.14. The Hall–Kier alpha value is -2.51. The van der Waals surface area contributed by atoms with Crippen molar-refractivity contribution >= 4 is 34.6 Å². The quantitative estimate of drug-likeness (QED) is 0.475. The van der Waals surface area contributed by atoms with Crippen molar-refractivity contribution in [1.82, 2.24) is 15.1 Å². The van der Waals surface area contributed by atoms with E-state index in [2.05, 4.69) is 10.2 Å². The summed E-state index contributed by atoms with van der Waals surface area (Å²) >= 11 is 7.37. The highest BCUT2D eigenvalue weighted by Crippen LogP contribution is 2.30. The molecule has 1 aliphatic rings. The second-order valence-electron chi connectivity index (χ2n) is 7.09. The maximum absolute atomic E-state index is 12.8. The molecule has 2 aromatic heterocycles. The summed E-state index contributed by atoms with van der Waals surface area (Å²) in [6, 6.07) is 11.1. The van der Waals surface area contributed by atoms with E-state index < -0.39 is 0 Å².